The molecule has 0 aliphatic rings. The number of benzene rings is 1. The Kier molecular flexibility index (Phi) is 6.18. The number of amides is 2. The van der Waals surface area contributed by atoms with Crippen LogP contribution in [0.5, 0.6) is 0 Å². The minimum absolute atomic E-state index is 0.0227. The molecule has 5 heteroatoms. The van der Waals surface area contributed by atoms with Gasteiger partial charge in [0, 0.05) is 5.56 Å². The summed E-state index contributed by atoms with van der Waals surface area (Å²) in [6.07, 6.45) is 2.35. The first kappa shape index (κ1) is 17.8. The van der Waals surface area contributed by atoms with Crippen molar-refractivity contribution >= 4 is 11.8 Å². The summed E-state index contributed by atoms with van der Waals surface area (Å²) >= 11 is 0. The molecule has 0 bridgehead atoms. The van der Waals surface area contributed by atoms with Gasteiger partial charge in [-0.1, -0.05) is 38.5 Å². The molecule has 2 atom stereocenters. The second-order valence-electron chi connectivity index (χ2n) is 5.95. The molecule has 2 aromatic rings. The minimum atomic E-state index is -0.586. The number of rotatable bonds is 7. The fourth-order valence-corrected chi connectivity index (χ4v) is 2.45. The third-order valence-electron chi connectivity index (χ3n) is 4.19. The topological polar surface area (TPSA) is 71.3 Å². The molecule has 2 rings (SSSR count). The average molecular weight is 328 g/mol. The Morgan fingerprint density at radius 1 is 1.17 bits per heavy atom. The monoisotopic (exact) mass is 328 g/mol. The summed E-state index contributed by atoms with van der Waals surface area (Å²) in [5.74, 6) is 0.264. The number of nitrogens with one attached hydrogen (secondary N) is 2. The number of carbonyl (C=O) groups excluding carboxylic acids is 2. The maximum Gasteiger partial charge on any atom is 0.252 e. The van der Waals surface area contributed by atoms with Gasteiger partial charge < -0.3 is 15.1 Å². The van der Waals surface area contributed by atoms with Gasteiger partial charge in [0.15, 0.2) is 0 Å². The average Bonchev–Trinajstić information content (AvgIpc) is 3.10. The van der Waals surface area contributed by atoms with Crippen LogP contribution in [0.3, 0.4) is 0 Å². The van der Waals surface area contributed by atoms with Crippen LogP contribution in [-0.2, 0) is 11.3 Å². The molecule has 1 heterocycles. The van der Waals surface area contributed by atoms with Crippen LogP contribution in [0.25, 0.3) is 0 Å². The molecule has 1 aromatic heterocycles. The second kappa shape index (κ2) is 8.34. The van der Waals surface area contributed by atoms with Crippen molar-refractivity contribution in [3.05, 3.63) is 59.5 Å². The SMILES string of the molecule is CCC(C)C(NC(=O)c1ccccc1C)C(=O)NCc1ccco1. The summed E-state index contributed by atoms with van der Waals surface area (Å²) in [4.78, 5) is 25.0. The first-order chi connectivity index (χ1) is 11.5. The summed E-state index contributed by atoms with van der Waals surface area (Å²) < 4.78 is 5.21. The van der Waals surface area contributed by atoms with Gasteiger partial charge in [-0.2, -0.15) is 0 Å². The number of aryl methyl sites for hydroxylation is 1. The van der Waals surface area contributed by atoms with Gasteiger partial charge in [-0.25, -0.2) is 0 Å². The van der Waals surface area contributed by atoms with Crippen molar-refractivity contribution < 1.29 is 14.0 Å². The van der Waals surface area contributed by atoms with E-state index in [1.807, 2.05) is 39.0 Å². The van der Waals surface area contributed by atoms with E-state index in [2.05, 4.69) is 10.6 Å². The lowest BCUT2D eigenvalue weighted by molar-refractivity contribution is -0.124. The molecule has 24 heavy (non-hydrogen) atoms. The van der Waals surface area contributed by atoms with E-state index >= 15 is 0 Å². The van der Waals surface area contributed by atoms with Crippen molar-refractivity contribution in [2.75, 3.05) is 0 Å². The highest BCUT2D eigenvalue weighted by Crippen LogP contribution is 2.12. The molecule has 0 fully saturated rings. The second-order valence-corrected chi connectivity index (χ2v) is 5.95. The van der Waals surface area contributed by atoms with Gasteiger partial charge >= 0.3 is 0 Å². The molecule has 5 nitrogen and oxygen atoms in total. The largest absolute Gasteiger partial charge is 0.467 e. The lowest BCUT2D eigenvalue weighted by Gasteiger charge is -2.23. The number of furan rings is 1. The van der Waals surface area contributed by atoms with Crippen LogP contribution in [0.4, 0.5) is 0 Å². The van der Waals surface area contributed by atoms with E-state index in [-0.39, 0.29) is 17.7 Å². The standard InChI is InChI=1S/C19H24N2O3/c1-4-13(2)17(19(23)20-12-15-9-7-11-24-15)21-18(22)16-10-6-5-8-14(16)3/h5-11,13,17H,4,12H2,1-3H3,(H,20,23)(H,21,22). The molecule has 0 aliphatic heterocycles. The molecule has 0 radical (unpaired) electrons. The van der Waals surface area contributed by atoms with E-state index < -0.39 is 6.04 Å². The Bertz CT molecular complexity index is 680. The maximum atomic E-state index is 12.5. The molecule has 2 amide bonds. The van der Waals surface area contributed by atoms with Crippen molar-refractivity contribution in [3.8, 4) is 0 Å². The number of carbonyl (C=O) groups is 2. The van der Waals surface area contributed by atoms with Gasteiger partial charge in [0.2, 0.25) is 5.91 Å². The maximum absolute atomic E-state index is 12.5. The van der Waals surface area contributed by atoms with Gasteiger partial charge in [-0.3, -0.25) is 9.59 Å². The van der Waals surface area contributed by atoms with Crippen LogP contribution in [0.15, 0.2) is 47.1 Å². The van der Waals surface area contributed by atoms with Crippen molar-refractivity contribution in [2.24, 2.45) is 5.92 Å². The lowest BCUT2D eigenvalue weighted by atomic mass is 9.97. The van der Waals surface area contributed by atoms with Crippen molar-refractivity contribution in [1.82, 2.24) is 10.6 Å². The molecular formula is C19H24N2O3. The molecule has 0 aliphatic carbocycles. The zero-order chi connectivity index (χ0) is 17.5. The Hall–Kier alpha value is -2.56. The Balaban J connectivity index is 2.06. The third kappa shape index (κ3) is 4.47. The zero-order valence-corrected chi connectivity index (χ0v) is 14.3. The predicted octanol–water partition coefficient (Wildman–Crippen LogP) is 3.05. The smallest absolute Gasteiger partial charge is 0.252 e. The fourth-order valence-electron chi connectivity index (χ4n) is 2.45. The fraction of sp³-hybridized carbons (Fsp3) is 0.368. The summed E-state index contributed by atoms with van der Waals surface area (Å²) in [7, 11) is 0. The molecule has 0 saturated carbocycles. The molecule has 0 saturated heterocycles. The van der Waals surface area contributed by atoms with Crippen molar-refractivity contribution in [2.45, 2.75) is 39.8 Å². The quantitative estimate of drug-likeness (QED) is 0.820. The van der Waals surface area contributed by atoms with Crippen LogP contribution in [0.2, 0.25) is 0 Å². The minimum Gasteiger partial charge on any atom is -0.467 e. The summed E-state index contributed by atoms with van der Waals surface area (Å²) in [5, 5.41) is 5.70. The van der Waals surface area contributed by atoms with E-state index in [0.717, 1.165) is 12.0 Å². The van der Waals surface area contributed by atoms with E-state index in [0.29, 0.717) is 17.9 Å². The van der Waals surface area contributed by atoms with E-state index in [1.165, 1.54) is 0 Å². The first-order valence-electron chi connectivity index (χ1n) is 8.19. The Morgan fingerprint density at radius 3 is 2.54 bits per heavy atom. The Labute approximate surface area is 142 Å². The normalized spacial score (nSPS) is 13.1. The van der Waals surface area contributed by atoms with Gasteiger partial charge in [0.05, 0.1) is 12.8 Å². The van der Waals surface area contributed by atoms with Gasteiger partial charge in [0.25, 0.3) is 5.91 Å². The third-order valence-corrected chi connectivity index (χ3v) is 4.19. The summed E-state index contributed by atoms with van der Waals surface area (Å²) in [6, 6.07) is 10.3. The molecule has 0 spiro atoms. The van der Waals surface area contributed by atoms with Crippen molar-refractivity contribution in [3.63, 3.8) is 0 Å². The van der Waals surface area contributed by atoms with Crippen LogP contribution in [0.1, 0.15) is 41.9 Å². The first-order valence-corrected chi connectivity index (χ1v) is 8.19. The lowest BCUT2D eigenvalue weighted by Crippen LogP contribution is -2.50. The van der Waals surface area contributed by atoms with Gasteiger partial charge in [-0.05, 0) is 36.6 Å². The predicted molar refractivity (Wildman–Crippen MR) is 92.4 cm³/mol. The number of hydrogen-bond acceptors (Lipinski definition) is 3. The highest BCUT2D eigenvalue weighted by atomic mass is 16.3. The molecule has 128 valence electrons. The van der Waals surface area contributed by atoms with E-state index in [9.17, 15) is 9.59 Å². The van der Waals surface area contributed by atoms with Gasteiger partial charge in [0.1, 0.15) is 11.8 Å². The van der Waals surface area contributed by atoms with Crippen LogP contribution >= 0.6 is 0 Å². The molecule has 1 aromatic carbocycles. The molecular weight excluding hydrogens is 304 g/mol. The summed E-state index contributed by atoms with van der Waals surface area (Å²) in [5.41, 5.74) is 1.47. The van der Waals surface area contributed by atoms with Crippen LogP contribution < -0.4 is 10.6 Å². The van der Waals surface area contributed by atoms with E-state index in [4.69, 9.17) is 4.42 Å². The highest BCUT2D eigenvalue weighted by molar-refractivity contribution is 5.98. The van der Waals surface area contributed by atoms with Crippen LogP contribution in [0, 0.1) is 12.8 Å². The zero-order valence-electron chi connectivity index (χ0n) is 14.3. The Morgan fingerprint density at radius 2 is 1.92 bits per heavy atom. The molecule has 2 N–H and O–H groups in total. The van der Waals surface area contributed by atoms with E-state index in [1.54, 1.807) is 24.5 Å². The molecule has 2 unspecified atom stereocenters. The summed E-state index contributed by atoms with van der Waals surface area (Å²) in [6.45, 7) is 6.13. The number of hydrogen-bond donors (Lipinski definition) is 2. The van der Waals surface area contributed by atoms with Crippen LogP contribution in [-0.4, -0.2) is 17.9 Å². The highest BCUT2D eigenvalue weighted by Gasteiger charge is 2.26. The van der Waals surface area contributed by atoms with Gasteiger partial charge in [-0.15, -0.1) is 0 Å². The van der Waals surface area contributed by atoms with Crippen molar-refractivity contribution in [1.29, 1.82) is 0 Å².